The quantitative estimate of drug-likeness (QED) is 0.752. The molecule has 1 N–H and O–H groups in total. The lowest BCUT2D eigenvalue weighted by atomic mass is 10.3. The maximum Gasteiger partial charge on any atom is 0.218 e. The maximum atomic E-state index is 5.13. The van der Waals surface area contributed by atoms with E-state index in [1.54, 1.807) is 7.11 Å². The maximum absolute atomic E-state index is 5.13. The molecular formula is C10H16N4O. The summed E-state index contributed by atoms with van der Waals surface area (Å²) < 4.78 is 5.13. The van der Waals surface area contributed by atoms with Crippen molar-refractivity contribution in [3.63, 3.8) is 0 Å². The lowest BCUT2D eigenvalue weighted by Crippen LogP contribution is -2.44. The molecule has 0 radical (unpaired) electrons. The molecule has 1 aromatic rings. The van der Waals surface area contributed by atoms with Crippen LogP contribution < -0.4 is 15.0 Å². The normalized spacial score (nSPS) is 16.5. The van der Waals surface area contributed by atoms with Crippen LogP contribution in [0.5, 0.6) is 5.88 Å². The highest BCUT2D eigenvalue weighted by molar-refractivity contribution is 5.42. The van der Waals surface area contributed by atoms with E-state index in [1.165, 1.54) is 0 Å². The predicted molar refractivity (Wildman–Crippen MR) is 58.4 cm³/mol. The summed E-state index contributed by atoms with van der Waals surface area (Å²) >= 11 is 0. The van der Waals surface area contributed by atoms with Gasteiger partial charge in [-0.05, 0) is 6.92 Å². The van der Waals surface area contributed by atoms with Crippen molar-refractivity contribution >= 4 is 5.82 Å². The molecule has 0 saturated carbocycles. The number of aromatic nitrogens is 2. The van der Waals surface area contributed by atoms with Crippen molar-refractivity contribution in [1.29, 1.82) is 0 Å². The second-order valence-electron chi connectivity index (χ2n) is 3.55. The van der Waals surface area contributed by atoms with E-state index in [2.05, 4.69) is 20.2 Å². The molecule has 2 heterocycles. The molecule has 5 heteroatoms. The van der Waals surface area contributed by atoms with Gasteiger partial charge in [0.1, 0.15) is 11.6 Å². The van der Waals surface area contributed by atoms with E-state index in [0.717, 1.165) is 37.8 Å². The van der Waals surface area contributed by atoms with E-state index in [-0.39, 0.29) is 0 Å². The Kier molecular flexibility index (Phi) is 3.01. The molecule has 1 aliphatic heterocycles. The molecular weight excluding hydrogens is 192 g/mol. The topological polar surface area (TPSA) is 50.3 Å². The fraction of sp³-hybridized carbons (Fsp3) is 0.600. The molecule has 0 spiro atoms. The van der Waals surface area contributed by atoms with Gasteiger partial charge in [-0.3, -0.25) is 0 Å². The van der Waals surface area contributed by atoms with Crippen LogP contribution >= 0.6 is 0 Å². The smallest absolute Gasteiger partial charge is 0.218 e. The van der Waals surface area contributed by atoms with Crippen LogP contribution in [-0.2, 0) is 0 Å². The van der Waals surface area contributed by atoms with E-state index in [4.69, 9.17) is 4.74 Å². The number of nitrogens with one attached hydrogen (secondary N) is 1. The first-order valence-electron chi connectivity index (χ1n) is 5.15. The molecule has 0 atom stereocenters. The molecule has 1 aliphatic rings. The van der Waals surface area contributed by atoms with Crippen molar-refractivity contribution < 1.29 is 4.74 Å². The van der Waals surface area contributed by atoms with Crippen molar-refractivity contribution in [1.82, 2.24) is 15.3 Å². The van der Waals surface area contributed by atoms with Crippen LogP contribution in [0.15, 0.2) is 6.07 Å². The highest BCUT2D eigenvalue weighted by Crippen LogP contribution is 2.17. The lowest BCUT2D eigenvalue weighted by molar-refractivity contribution is 0.395. The molecule has 15 heavy (non-hydrogen) atoms. The van der Waals surface area contributed by atoms with Gasteiger partial charge in [0.05, 0.1) is 7.11 Å². The molecule has 0 bridgehead atoms. The average Bonchev–Trinajstić information content (AvgIpc) is 2.29. The minimum Gasteiger partial charge on any atom is -0.481 e. The van der Waals surface area contributed by atoms with Crippen molar-refractivity contribution in [2.75, 3.05) is 38.2 Å². The Labute approximate surface area is 89.5 Å². The number of anilines is 1. The Hall–Kier alpha value is -1.36. The van der Waals surface area contributed by atoms with E-state index in [9.17, 15) is 0 Å². The third kappa shape index (κ3) is 2.36. The zero-order valence-corrected chi connectivity index (χ0v) is 9.16. The molecule has 0 unspecified atom stereocenters. The van der Waals surface area contributed by atoms with Gasteiger partial charge in [-0.25, -0.2) is 4.98 Å². The molecule has 1 saturated heterocycles. The van der Waals surface area contributed by atoms with Gasteiger partial charge in [0.15, 0.2) is 0 Å². The number of hydrogen-bond acceptors (Lipinski definition) is 5. The number of ether oxygens (including phenoxy) is 1. The number of piperazine rings is 1. The molecule has 0 amide bonds. The summed E-state index contributed by atoms with van der Waals surface area (Å²) in [5.41, 5.74) is 0. The highest BCUT2D eigenvalue weighted by atomic mass is 16.5. The number of aryl methyl sites for hydroxylation is 1. The Morgan fingerprint density at radius 3 is 2.73 bits per heavy atom. The Morgan fingerprint density at radius 1 is 1.33 bits per heavy atom. The van der Waals surface area contributed by atoms with Gasteiger partial charge in [-0.1, -0.05) is 0 Å². The summed E-state index contributed by atoms with van der Waals surface area (Å²) in [4.78, 5) is 10.8. The van der Waals surface area contributed by atoms with Gasteiger partial charge in [0, 0.05) is 32.2 Å². The van der Waals surface area contributed by atoms with Crippen LogP contribution in [0.2, 0.25) is 0 Å². The Balaban J connectivity index is 2.22. The van der Waals surface area contributed by atoms with Crippen molar-refractivity contribution in [2.24, 2.45) is 0 Å². The second kappa shape index (κ2) is 4.44. The first-order chi connectivity index (χ1) is 7.29. The molecule has 5 nitrogen and oxygen atoms in total. The van der Waals surface area contributed by atoms with Gasteiger partial charge >= 0.3 is 0 Å². The van der Waals surface area contributed by atoms with Crippen molar-refractivity contribution in [3.8, 4) is 5.88 Å². The van der Waals surface area contributed by atoms with Gasteiger partial charge in [0.2, 0.25) is 5.88 Å². The van der Waals surface area contributed by atoms with Crippen molar-refractivity contribution in [2.45, 2.75) is 6.92 Å². The molecule has 0 aliphatic carbocycles. The van der Waals surface area contributed by atoms with E-state index >= 15 is 0 Å². The number of methoxy groups -OCH3 is 1. The lowest BCUT2D eigenvalue weighted by Gasteiger charge is -2.28. The molecule has 1 aromatic heterocycles. The average molecular weight is 208 g/mol. The fourth-order valence-corrected chi connectivity index (χ4v) is 1.69. The van der Waals surface area contributed by atoms with Crippen LogP contribution in [0.4, 0.5) is 5.82 Å². The third-order valence-corrected chi connectivity index (χ3v) is 2.45. The van der Waals surface area contributed by atoms with Crippen LogP contribution in [0.1, 0.15) is 5.82 Å². The van der Waals surface area contributed by atoms with Gasteiger partial charge in [0.25, 0.3) is 0 Å². The van der Waals surface area contributed by atoms with Crippen LogP contribution in [0, 0.1) is 6.92 Å². The fourth-order valence-electron chi connectivity index (χ4n) is 1.69. The predicted octanol–water partition coefficient (Wildman–Crippen LogP) is 0.203. The molecule has 1 fully saturated rings. The number of rotatable bonds is 2. The minimum atomic E-state index is 0.635. The van der Waals surface area contributed by atoms with Crippen LogP contribution in [0.25, 0.3) is 0 Å². The summed E-state index contributed by atoms with van der Waals surface area (Å²) in [6.07, 6.45) is 0. The summed E-state index contributed by atoms with van der Waals surface area (Å²) in [6, 6.07) is 1.89. The zero-order chi connectivity index (χ0) is 10.7. The van der Waals surface area contributed by atoms with Crippen LogP contribution in [0.3, 0.4) is 0 Å². The molecule has 82 valence electrons. The zero-order valence-electron chi connectivity index (χ0n) is 9.16. The highest BCUT2D eigenvalue weighted by Gasteiger charge is 2.13. The summed E-state index contributed by atoms with van der Waals surface area (Å²) in [6.45, 7) is 5.87. The summed E-state index contributed by atoms with van der Waals surface area (Å²) in [5, 5.41) is 3.31. The van der Waals surface area contributed by atoms with Crippen molar-refractivity contribution in [3.05, 3.63) is 11.9 Å². The third-order valence-electron chi connectivity index (χ3n) is 2.45. The SMILES string of the molecule is COc1cc(N2CCNCC2)nc(C)n1. The van der Waals surface area contributed by atoms with E-state index in [1.807, 2.05) is 13.0 Å². The number of nitrogens with zero attached hydrogens (tertiary/aromatic N) is 3. The first-order valence-corrected chi connectivity index (χ1v) is 5.15. The standard InChI is InChI=1S/C10H16N4O/c1-8-12-9(7-10(13-8)15-2)14-5-3-11-4-6-14/h7,11H,3-6H2,1-2H3. The van der Waals surface area contributed by atoms with Crippen LogP contribution in [-0.4, -0.2) is 43.3 Å². The number of hydrogen-bond donors (Lipinski definition) is 1. The largest absolute Gasteiger partial charge is 0.481 e. The monoisotopic (exact) mass is 208 g/mol. The van der Waals surface area contributed by atoms with Gasteiger partial charge in [-0.2, -0.15) is 4.98 Å². The second-order valence-corrected chi connectivity index (χ2v) is 3.55. The van der Waals surface area contributed by atoms with Gasteiger partial charge < -0.3 is 15.0 Å². The molecule has 2 rings (SSSR count). The molecule has 0 aromatic carbocycles. The van der Waals surface area contributed by atoms with Gasteiger partial charge in [-0.15, -0.1) is 0 Å². The van der Waals surface area contributed by atoms with E-state index < -0.39 is 0 Å². The Morgan fingerprint density at radius 2 is 2.07 bits per heavy atom. The van der Waals surface area contributed by atoms with E-state index in [0.29, 0.717) is 5.88 Å². The Bertz CT molecular complexity index is 336. The summed E-state index contributed by atoms with van der Waals surface area (Å²) in [5.74, 6) is 2.35. The summed E-state index contributed by atoms with van der Waals surface area (Å²) in [7, 11) is 1.63. The minimum absolute atomic E-state index is 0.635. The first kappa shape index (κ1) is 10.2.